The van der Waals surface area contributed by atoms with E-state index in [4.69, 9.17) is 5.73 Å². The minimum Gasteiger partial charge on any atom is -0.633 e. The monoisotopic (exact) mass is 865 g/mol. The Morgan fingerprint density at radius 3 is 2.59 bits per heavy atom. The average molecular weight is 866 g/mol. The standard InChI is InChI=1S/C47H57F2N9O5/c1-30(59)54-20-16-40-39(28-54)45(55-19-9-12-32-24-36(33(26-50)27-51-2)37(44(48)49)25-42(32)55)53-57(40)34-17-22-58(63,23-18-34)21-7-5-3-4-6-10-31-11-8-13-35-38(31)29-56(47(35)62)41-14-15-43(60)52-46(41)61/h8,11,13,24-27,34,41,44-45,53H,3-5,7,9,12,14-23,28-29,50H2,1-2H3,(H,52,60,61)/b33-26+,51-27?. The first kappa shape index (κ1) is 44.0. The number of nitrogens with two attached hydrogens (primary N) is 1. The van der Waals surface area contributed by atoms with Gasteiger partial charge in [-0.15, -0.1) is 0 Å². The quantitative estimate of drug-likeness (QED) is 0.0713. The molecule has 0 radical (unpaired) electrons. The van der Waals surface area contributed by atoms with Gasteiger partial charge in [-0.2, -0.15) is 0 Å². The fourth-order valence-corrected chi connectivity index (χ4v) is 10.3. The van der Waals surface area contributed by atoms with Gasteiger partial charge in [-0.1, -0.05) is 17.9 Å². The third-order valence-corrected chi connectivity index (χ3v) is 13.7. The summed E-state index contributed by atoms with van der Waals surface area (Å²) in [7, 11) is 1.58. The fraction of sp³-hybridized carbons (Fsp3) is 0.511. The number of benzene rings is 2. The number of hydrogen-bond donors (Lipinski definition) is 3. The molecule has 2 unspecified atom stereocenters. The Morgan fingerprint density at radius 2 is 1.86 bits per heavy atom. The number of amides is 4. The molecule has 2 aromatic carbocycles. The van der Waals surface area contributed by atoms with Crippen molar-refractivity contribution in [2.75, 3.05) is 51.2 Å². The van der Waals surface area contributed by atoms with Gasteiger partial charge in [0.15, 0.2) is 0 Å². The van der Waals surface area contributed by atoms with Gasteiger partial charge in [0, 0.05) is 124 Å². The molecule has 0 saturated carbocycles. The van der Waals surface area contributed by atoms with Crippen molar-refractivity contribution in [1.29, 1.82) is 0 Å². The van der Waals surface area contributed by atoms with Crippen LogP contribution in [0.25, 0.3) is 5.57 Å². The molecule has 2 aromatic rings. The lowest BCUT2D eigenvalue weighted by Crippen LogP contribution is -2.57. The van der Waals surface area contributed by atoms with E-state index in [9.17, 15) is 33.2 Å². The highest BCUT2D eigenvalue weighted by Crippen LogP contribution is 2.42. The number of piperidine rings is 2. The van der Waals surface area contributed by atoms with Gasteiger partial charge in [-0.3, -0.25) is 29.5 Å². The van der Waals surface area contributed by atoms with Crippen molar-refractivity contribution in [2.24, 2.45) is 10.7 Å². The highest BCUT2D eigenvalue weighted by atomic mass is 19.3. The molecule has 0 aliphatic carbocycles. The van der Waals surface area contributed by atoms with Crippen molar-refractivity contribution in [3.05, 3.63) is 86.4 Å². The third-order valence-electron chi connectivity index (χ3n) is 13.7. The average Bonchev–Trinajstić information content (AvgIpc) is 3.82. The maximum absolute atomic E-state index is 14.7. The molecule has 0 aromatic heterocycles. The summed E-state index contributed by atoms with van der Waals surface area (Å²) in [6, 6.07) is 8.29. The lowest BCUT2D eigenvalue weighted by molar-refractivity contribution is -0.886. The number of aryl methyl sites for hydroxylation is 1. The molecule has 6 aliphatic rings. The van der Waals surface area contributed by atoms with Crippen LogP contribution in [0.1, 0.15) is 116 Å². The van der Waals surface area contributed by atoms with Gasteiger partial charge in [0.2, 0.25) is 17.7 Å². The molecule has 6 heterocycles. The summed E-state index contributed by atoms with van der Waals surface area (Å²) < 4.78 is 29.1. The van der Waals surface area contributed by atoms with E-state index in [1.54, 1.807) is 32.2 Å². The number of rotatable bonds is 11. The van der Waals surface area contributed by atoms with Crippen molar-refractivity contribution < 1.29 is 32.6 Å². The maximum atomic E-state index is 14.7. The molecule has 4 amide bonds. The number of allylic oxidation sites excluding steroid dienone is 1. The molecular formula is C47H57F2N9O5. The first-order chi connectivity index (χ1) is 30.4. The first-order valence-corrected chi connectivity index (χ1v) is 22.3. The molecule has 4 N–H and O–H groups in total. The number of halogens is 2. The molecule has 6 aliphatic heterocycles. The largest absolute Gasteiger partial charge is 0.633 e. The number of alkyl halides is 2. The summed E-state index contributed by atoms with van der Waals surface area (Å²) >= 11 is 0. The Labute approximate surface area is 367 Å². The van der Waals surface area contributed by atoms with Crippen LogP contribution in [0.3, 0.4) is 0 Å². The van der Waals surface area contributed by atoms with E-state index in [2.05, 4.69) is 37.5 Å². The Kier molecular flexibility index (Phi) is 13.0. The Morgan fingerprint density at radius 1 is 1.05 bits per heavy atom. The highest BCUT2D eigenvalue weighted by molar-refractivity contribution is 6.10. The number of nitrogens with zero attached hydrogens (tertiary/aromatic N) is 6. The number of quaternary nitrogens is 1. The molecular weight excluding hydrogens is 809 g/mol. The van der Waals surface area contributed by atoms with E-state index >= 15 is 0 Å². The number of hydrogen-bond acceptors (Lipinski definition) is 10. The van der Waals surface area contributed by atoms with Crippen LogP contribution >= 0.6 is 0 Å². The van der Waals surface area contributed by atoms with Crippen molar-refractivity contribution in [3.8, 4) is 11.8 Å². The van der Waals surface area contributed by atoms with Gasteiger partial charge in [-0.05, 0) is 79.5 Å². The SMILES string of the molecule is CN=C/C(=C\N)c1cc2c(cc1C(F)F)N(C1NN(C3CC[N+]([O-])(CCCCCC#Cc4cccc5c4CN(C4CCC(=O)NC4=O)C5=O)CC3)C3=C1CN(C(C)=O)CC3)CCC2. The van der Waals surface area contributed by atoms with Gasteiger partial charge >= 0.3 is 0 Å². The topological polar surface area (TPSA) is 167 Å². The first-order valence-electron chi connectivity index (χ1n) is 22.3. The normalized spacial score (nSPS) is 25.1. The predicted molar refractivity (Wildman–Crippen MR) is 235 cm³/mol. The lowest BCUT2D eigenvalue weighted by atomic mass is 9.91. The van der Waals surface area contributed by atoms with Crippen LogP contribution in [0.5, 0.6) is 0 Å². The fourth-order valence-electron chi connectivity index (χ4n) is 10.3. The summed E-state index contributed by atoms with van der Waals surface area (Å²) in [4.78, 5) is 59.5. The van der Waals surface area contributed by atoms with Crippen molar-refractivity contribution in [1.82, 2.24) is 25.6 Å². The number of carbonyl (C=O) groups excluding carboxylic acids is 4. The molecule has 334 valence electrons. The number of hydroxylamine groups is 3. The zero-order valence-electron chi connectivity index (χ0n) is 36.1. The van der Waals surface area contributed by atoms with Crippen LogP contribution < -0.4 is 21.4 Å². The van der Waals surface area contributed by atoms with Crippen molar-refractivity contribution >= 4 is 41.1 Å². The number of aliphatic imine (C=N–C) groups is 1. The zero-order valence-corrected chi connectivity index (χ0v) is 36.1. The van der Waals surface area contributed by atoms with E-state index in [1.807, 2.05) is 17.0 Å². The minimum atomic E-state index is -2.72. The van der Waals surface area contributed by atoms with Crippen LogP contribution in [0.15, 0.2) is 52.8 Å². The third kappa shape index (κ3) is 8.96. The Balaban J connectivity index is 0.872. The number of unbranched alkanes of at least 4 members (excludes halogenated alkanes) is 3. The molecule has 16 heteroatoms. The van der Waals surface area contributed by atoms with Crippen LogP contribution in [0, 0.1) is 17.0 Å². The number of likely N-dealkylation sites (tertiary alicyclic amines) is 1. The second-order valence-corrected chi connectivity index (χ2v) is 17.5. The number of fused-ring (bicyclic) bond motifs is 2. The van der Waals surface area contributed by atoms with Gasteiger partial charge in [0.25, 0.3) is 12.3 Å². The van der Waals surface area contributed by atoms with Gasteiger partial charge in [0.1, 0.15) is 12.2 Å². The second kappa shape index (κ2) is 18.6. The Hall–Kier alpha value is -5.63. The lowest BCUT2D eigenvalue weighted by Gasteiger charge is -2.49. The number of hydrazine groups is 1. The van der Waals surface area contributed by atoms with E-state index < -0.39 is 18.4 Å². The summed E-state index contributed by atoms with van der Waals surface area (Å²) in [5.74, 6) is 5.51. The summed E-state index contributed by atoms with van der Waals surface area (Å²) in [5.41, 5.74) is 16.4. The predicted octanol–water partition coefficient (Wildman–Crippen LogP) is 4.88. The Bertz CT molecular complexity index is 2310. The van der Waals surface area contributed by atoms with Gasteiger partial charge in [0.05, 0.1) is 25.7 Å². The number of carbonyl (C=O) groups is 4. The van der Waals surface area contributed by atoms with Crippen LogP contribution in [0.2, 0.25) is 0 Å². The van der Waals surface area contributed by atoms with E-state index in [0.29, 0.717) is 88.1 Å². The van der Waals surface area contributed by atoms with Crippen LogP contribution in [0.4, 0.5) is 14.5 Å². The molecule has 2 fully saturated rings. The van der Waals surface area contributed by atoms with Gasteiger partial charge in [-0.25, -0.2) is 14.2 Å². The van der Waals surface area contributed by atoms with Crippen molar-refractivity contribution in [3.63, 3.8) is 0 Å². The van der Waals surface area contributed by atoms with E-state index in [-0.39, 0.29) is 53.1 Å². The smallest absolute Gasteiger partial charge is 0.264 e. The van der Waals surface area contributed by atoms with Crippen LogP contribution in [-0.4, -0.2) is 114 Å². The second-order valence-electron chi connectivity index (χ2n) is 17.5. The summed E-state index contributed by atoms with van der Waals surface area (Å²) in [5, 5.41) is 18.6. The molecule has 63 heavy (non-hydrogen) atoms. The molecule has 8 rings (SSSR count). The molecule has 2 saturated heterocycles. The molecule has 0 spiro atoms. The molecule has 0 bridgehead atoms. The zero-order chi connectivity index (χ0) is 44.4. The van der Waals surface area contributed by atoms with E-state index in [1.165, 1.54) is 17.3 Å². The summed E-state index contributed by atoms with van der Waals surface area (Å²) in [6.45, 7) is 5.09. The minimum absolute atomic E-state index is 0.00333. The summed E-state index contributed by atoms with van der Waals surface area (Å²) in [6.07, 6.45) is 7.08. The number of nitrogens with one attached hydrogen (secondary N) is 2. The van der Waals surface area contributed by atoms with E-state index in [0.717, 1.165) is 65.8 Å². The van der Waals surface area contributed by atoms with Gasteiger partial charge < -0.3 is 35.3 Å². The molecule has 14 nitrogen and oxygen atoms in total. The van der Waals surface area contributed by atoms with Crippen molar-refractivity contribution in [2.45, 2.75) is 109 Å². The van der Waals surface area contributed by atoms with Crippen LogP contribution in [-0.2, 0) is 27.3 Å². The number of anilines is 1. The maximum Gasteiger partial charge on any atom is 0.264 e. The number of imide groups is 1. The molecule has 2 atom stereocenters. The highest BCUT2D eigenvalue weighted by Gasteiger charge is 2.44.